The van der Waals surface area contributed by atoms with Crippen LogP contribution in [-0.2, 0) is 9.53 Å². The average molecular weight is 378 g/mol. The summed E-state index contributed by atoms with van der Waals surface area (Å²) >= 11 is 1.89. The topological polar surface area (TPSA) is 98.5 Å². The largest absolute Gasteiger partial charge is 0.467 e. The SMILES string of the molecule is COC(=O)[C@H](C)NC(=O)c1cc([N+](=O)[O-])ccc1I. The minimum Gasteiger partial charge on any atom is -0.467 e. The zero-order valence-corrected chi connectivity index (χ0v) is 12.3. The molecule has 0 spiro atoms. The number of ether oxygens (including phenoxy) is 1. The number of rotatable bonds is 4. The van der Waals surface area contributed by atoms with Crippen molar-refractivity contribution in [2.75, 3.05) is 7.11 Å². The molecule has 1 aromatic rings. The van der Waals surface area contributed by atoms with E-state index in [0.717, 1.165) is 0 Å². The predicted octanol–water partition coefficient (Wildman–Crippen LogP) is 1.49. The van der Waals surface area contributed by atoms with Crippen LogP contribution in [-0.4, -0.2) is 30.0 Å². The molecule has 0 aromatic heterocycles. The molecule has 1 atom stereocenters. The molecule has 8 heteroatoms. The smallest absolute Gasteiger partial charge is 0.328 e. The Labute approximate surface area is 122 Å². The maximum absolute atomic E-state index is 11.9. The van der Waals surface area contributed by atoms with Crippen LogP contribution < -0.4 is 5.32 Å². The van der Waals surface area contributed by atoms with E-state index in [1.54, 1.807) is 0 Å². The molecule has 0 aliphatic carbocycles. The van der Waals surface area contributed by atoms with Gasteiger partial charge in [-0.05, 0) is 35.6 Å². The van der Waals surface area contributed by atoms with Gasteiger partial charge < -0.3 is 10.1 Å². The molecule has 19 heavy (non-hydrogen) atoms. The number of halogens is 1. The minimum atomic E-state index is -0.826. The van der Waals surface area contributed by atoms with Gasteiger partial charge in [0.1, 0.15) is 6.04 Å². The Kier molecular flexibility index (Phi) is 5.21. The molecular weight excluding hydrogens is 367 g/mol. The monoisotopic (exact) mass is 378 g/mol. The summed E-state index contributed by atoms with van der Waals surface area (Å²) in [7, 11) is 1.21. The first-order valence-electron chi connectivity index (χ1n) is 5.19. The highest BCUT2D eigenvalue weighted by atomic mass is 127. The van der Waals surface area contributed by atoms with E-state index < -0.39 is 22.8 Å². The van der Waals surface area contributed by atoms with Crippen molar-refractivity contribution < 1.29 is 19.2 Å². The number of carbonyl (C=O) groups is 2. The Morgan fingerprint density at radius 2 is 2.11 bits per heavy atom. The molecule has 0 aliphatic heterocycles. The summed E-state index contributed by atoms with van der Waals surface area (Å²) in [5.74, 6) is -1.15. The van der Waals surface area contributed by atoms with Gasteiger partial charge in [0.25, 0.3) is 11.6 Å². The molecule has 0 radical (unpaired) electrons. The summed E-state index contributed by atoms with van der Waals surface area (Å²) in [6.45, 7) is 1.47. The van der Waals surface area contributed by atoms with Crippen molar-refractivity contribution in [3.8, 4) is 0 Å². The number of non-ortho nitro benzene ring substituents is 1. The number of nitrogens with one attached hydrogen (secondary N) is 1. The van der Waals surface area contributed by atoms with Gasteiger partial charge in [-0.3, -0.25) is 14.9 Å². The van der Waals surface area contributed by atoms with E-state index in [4.69, 9.17) is 0 Å². The highest BCUT2D eigenvalue weighted by molar-refractivity contribution is 14.1. The van der Waals surface area contributed by atoms with Crippen molar-refractivity contribution in [2.45, 2.75) is 13.0 Å². The molecule has 0 saturated carbocycles. The molecule has 1 aromatic carbocycles. The van der Waals surface area contributed by atoms with Crippen LogP contribution in [0.3, 0.4) is 0 Å². The molecule has 0 saturated heterocycles. The van der Waals surface area contributed by atoms with E-state index in [-0.39, 0.29) is 11.3 Å². The van der Waals surface area contributed by atoms with Gasteiger partial charge in [0.2, 0.25) is 0 Å². The Morgan fingerprint density at radius 1 is 1.47 bits per heavy atom. The number of nitrogens with zero attached hydrogens (tertiary/aromatic N) is 1. The second kappa shape index (κ2) is 6.45. The lowest BCUT2D eigenvalue weighted by atomic mass is 10.2. The highest BCUT2D eigenvalue weighted by Gasteiger charge is 2.20. The zero-order chi connectivity index (χ0) is 14.6. The molecular formula is C11H11IN2O5. The van der Waals surface area contributed by atoms with E-state index in [1.165, 1.54) is 32.2 Å². The Bertz CT molecular complexity index is 532. The summed E-state index contributed by atoms with van der Waals surface area (Å²) in [6.07, 6.45) is 0. The summed E-state index contributed by atoms with van der Waals surface area (Å²) in [6, 6.07) is 3.12. The van der Waals surface area contributed by atoms with Gasteiger partial charge in [-0.2, -0.15) is 0 Å². The van der Waals surface area contributed by atoms with Gasteiger partial charge >= 0.3 is 5.97 Å². The molecule has 7 nitrogen and oxygen atoms in total. The quantitative estimate of drug-likeness (QED) is 0.371. The van der Waals surface area contributed by atoms with Crippen LogP contribution in [0.4, 0.5) is 5.69 Å². The van der Waals surface area contributed by atoms with Crippen molar-refractivity contribution in [2.24, 2.45) is 0 Å². The number of carbonyl (C=O) groups excluding carboxylic acids is 2. The lowest BCUT2D eigenvalue weighted by Gasteiger charge is -2.12. The fraction of sp³-hybridized carbons (Fsp3) is 0.273. The number of hydrogen-bond donors (Lipinski definition) is 1. The summed E-state index contributed by atoms with van der Waals surface area (Å²) in [5.41, 5.74) is -0.0400. The zero-order valence-electron chi connectivity index (χ0n) is 10.2. The molecule has 0 unspecified atom stereocenters. The molecule has 1 rings (SSSR count). The molecule has 102 valence electrons. The standard InChI is InChI=1S/C11H11IN2O5/c1-6(11(16)19-2)13-10(15)8-5-7(14(17)18)3-4-9(8)12/h3-6H,1-2H3,(H,13,15)/t6-/m0/s1. The number of methoxy groups -OCH3 is 1. The summed E-state index contributed by atoms with van der Waals surface area (Å²) < 4.78 is 5.03. The number of hydrogen-bond acceptors (Lipinski definition) is 5. The van der Waals surface area contributed by atoms with Crippen LogP contribution in [0.15, 0.2) is 18.2 Å². The van der Waals surface area contributed by atoms with Gasteiger partial charge in [-0.25, -0.2) is 4.79 Å². The third-order valence-electron chi connectivity index (χ3n) is 2.31. The maximum atomic E-state index is 11.9. The van der Waals surface area contributed by atoms with Crippen LogP contribution in [0.2, 0.25) is 0 Å². The normalized spacial score (nSPS) is 11.5. The first-order chi connectivity index (χ1) is 8.86. The van der Waals surface area contributed by atoms with Gasteiger partial charge in [0.15, 0.2) is 0 Å². The lowest BCUT2D eigenvalue weighted by Crippen LogP contribution is -2.39. The molecule has 0 fully saturated rings. The minimum absolute atomic E-state index is 0.144. The van der Waals surface area contributed by atoms with E-state index in [1.807, 2.05) is 22.6 Å². The summed E-state index contributed by atoms with van der Waals surface area (Å²) in [4.78, 5) is 33.2. The molecule has 1 N–H and O–H groups in total. The Hall–Kier alpha value is -1.71. The number of benzene rings is 1. The highest BCUT2D eigenvalue weighted by Crippen LogP contribution is 2.19. The van der Waals surface area contributed by atoms with Crippen molar-refractivity contribution in [1.29, 1.82) is 0 Å². The van der Waals surface area contributed by atoms with Crippen molar-refractivity contribution in [1.82, 2.24) is 5.32 Å². The second-order valence-corrected chi connectivity index (χ2v) is 4.80. The number of amides is 1. The fourth-order valence-electron chi connectivity index (χ4n) is 1.31. The second-order valence-electron chi connectivity index (χ2n) is 3.64. The number of nitro benzene ring substituents is 1. The van der Waals surface area contributed by atoms with E-state index in [0.29, 0.717) is 3.57 Å². The van der Waals surface area contributed by atoms with Crippen molar-refractivity contribution in [3.05, 3.63) is 37.4 Å². The van der Waals surface area contributed by atoms with Crippen LogP contribution in [0.1, 0.15) is 17.3 Å². The third kappa shape index (κ3) is 3.88. The third-order valence-corrected chi connectivity index (χ3v) is 3.25. The number of nitro groups is 1. The van der Waals surface area contributed by atoms with Crippen LogP contribution in [0, 0.1) is 13.7 Å². The van der Waals surface area contributed by atoms with Gasteiger partial charge in [0, 0.05) is 15.7 Å². The first-order valence-corrected chi connectivity index (χ1v) is 6.27. The van der Waals surface area contributed by atoms with Crippen molar-refractivity contribution >= 4 is 40.2 Å². The average Bonchev–Trinajstić information content (AvgIpc) is 2.37. The Balaban J connectivity index is 2.96. The van der Waals surface area contributed by atoms with E-state index in [9.17, 15) is 19.7 Å². The Morgan fingerprint density at radius 3 is 2.63 bits per heavy atom. The van der Waals surface area contributed by atoms with Crippen LogP contribution in [0.25, 0.3) is 0 Å². The van der Waals surface area contributed by atoms with Gasteiger partial charge in [0.05, 0.1) is 17.6 Å². The molecule has 1 amide bonds. The molecule has 0 aliphatic rings. The van der Waals surface area contributed by atoms with Gasteiger partial charge in [-0.1, -0.05) is 0 Å². The lowest BCUT2D eigenvalue weighted by molar-refractivity contribution is -0.384. The number of esters is 1. The fourth-order valence-corrected chi connectivity index (χ4v) is 1.89. The molecule has 0 heterocycles. The van der Waals surface area contributed by atoms with Crippen LogP contribution >= 0.6 is 22.6 Å². The molecule has 0 bridgehead atoms. The first kappa shape index (κ1) is 15.3. The predicted molar refractivity (Wildman–Crippen MR) is 74.8 cm³/mol. The van der Waals surface area contributed by atoms with Crippen molar-refractivity contribution in [3.63, 3.8) is 0 Å². The van der Waals surface area contributed by atoms with Crippen LogP contribution in [0.5, 0.6) is 0 Å². The maximum Gasteiger partial charge on any atom is 0.328 e. The van der Waals surface area contributed by atoms with Gasteiger partial charge in [-0.15, -0.1) is 0 Å². The van der Waals surface area contributed by atoms with E-state index in [2.05, 4.69) is 10.1 Å². The summed E-state index contributed by atoms with van der Waals surface area (Å²) in [5, 5.41) is 13.1. The van der Waals surface area contributed by atoms with E-state index >= 15 is 0 Å².